The zero-order chi connectivity index (χ0) is 18.7. The van der Waals surface area contributed by atoms with Crippen LogP contribution in [-0.2, 0) is 16.0 Å². The molecule has 0 spiro atoms. The highest BCUT2D eigenvalue weighted by Gasteiger charge is 2.22. The van der Waals surface area contributed by atoms with Gasteiger partial charge in [-0.25, -0.2) is 13.6 Å². The molecule has 0 radical (unpaired) electrons. The fourth-order valence-corrected chi connectivity index (χ4v) is 3.26. The molecule has 7 heteroatoms. The number of ether oxygens (including phenoxy) is 1. The molecule has 1 atom stereocenters. The number of hydrogen-bond donors (Lipinski definition) is 1. The molecule has 0 aliphatic heterocycles. The zero-order valence-corrected chi connectivity index (χ0v) is 14.5. The van der Waals surface area contributed by atoms with Crippen LogP contribution in [0.1, 0.15) is 40.4 Å². The Hall–Kier alpha value is -2.47. The van der Waals surface area contributed by atoms with Crippen molar-refractivity contribution in [1.82, 2.24) is 5.32 Å². The van der Waals surface area contributed by atoms with Crippen LogP contribution in [0.25, 0.3) is 0 Å². The Bertz CT molecular complexity index is 857. The highest BCUT2D eigenvalue weighted by atomic mass is 35.5. The van der Waals surface area contributed by atoms with E-state index in [1.54, 1.807) is 0 Å². The molecule has 4 nitrogen and oxygen atoms in total. The van der Waals surface area contributed by atoms with Gasteiger partial charge in [-0.2, -0.15) is 0 Å². The van der Waals surface area contributed by atoms with Gasteiger partial charge in [-0.15, -0.1) is 0 Å². The van der Waals surface area contributed by atoms with Crippen molar-refractivity contribution in [3.05, 3.63) is 69.7 Å². The largest absolute Gasteiger partial charge is 0.452 e. The molecule has 0 saturated heterocycles. The van der Waals surface area contributed by atoms with Gasteiger partial charge in [0.2, 0.25) is 0 Å². The Kier molecular flexibility index (Phi) is 5.52. The Morgan fingerprint density at radius 2 is 1.92 bits per heavy atom. The SMILES string of the molecule is O=C(COC(=O)c1cc(F)c(F)cc1Cl)NC1CCCc2ccccc21. The van der Waals surface area contributed by atoms with Crippen molar-refractivity contribution in [3.8, 4) is 0 Å². The van der Waals surface area contributed by atoms with Crippen molar-refractivity contribution in [3.63, 3.8) is 0 Å². The minimum atomic E-state index is -1.22. The number of aryl methyl sites for hydroxylation is 1. The summed E-state index contributed by atoms with van der Waals surface area (Å²) >= 11 is 5.72. The Balaban J connectivity index is 1.60. The number of benzene rings is 2. The summed E-state index contributed by atoms with van der Waals surface area (Å²) in [5.74, 6) is -3.85. The minimum Gasteiger partial charge on any atom is -0.452 e. The van der Waals surface area contributed by atoms with Crippen LogP contribution in [0, 0.1) is 11.6 Å². The van der Waals surface area contributed by atoms with E-state index in [1.165, 1.54) is 5.56 Å². The van der Waals surface area contributed by atoms with E-state index in [9.17, 15) is 18.4 Å². The van der Waals surface area contributed by atoms with E-state index in [0.29, 0.717) is 12.1 Å². The first kappa shape index (κ1) is 18.3. The number of nitrogens with one attached hydrogen (secondary N) is 1. The Morgan fingerprint density at radius 3 is 2.73 bits per heavy atom. The molecule has 1 aliphatic rings. The van der Waals surface area contributed by atoms with E-state index in [4.69, 9.17) is 16.3 Å². The van der Waals surface area contributed by atoms with Gasteiger partial charge in [-0.1, -0.05) is 35.9 Å². The maximum atomic E-state index is 13.2. The van der Waals surface area contributed by atoms with Gasteiger partial charge >= 0.3 is 5.97 Å². The molecule has 2 aromatic carbocycles. The number of fused-ring (bicyclic) bond motifs is 1. The van der Waals surface area contributed by atoms with Crippen LogP contribution in [0.5, 0.6) is 0 Å². The van der Waals surface area contributed by atoms with Gasteiger partial charge in [0.15, 0.2) is 18.2 Å². The average molecular weight is 380 g/mol. The molecule has 26 heavy (non-hydrogen) atoms. The molecular formula is C19H16ClF2NO3. The van der Waals surface area contributed by atoms with Crippen LogP contribution in [0.2, 0.25) is 5.02 Å². The molecule has 0 bridgehead atoms. The quantitative estimate of drug-likeness (QED) is 0.646. The number of amides is 1. The molecule has 1 N–H and O–H groups in total. The summed E-state index contributed by atoms with van der Waals surface area (Å²) in [5, 5.41) is 2.55. The summed E-state index contributed by atoms with van der Waals surface area (Å²) in [6.45, 7) is -0.535. The van der Waals surface area contributed by atoms with Crippen LogP contribution < -0.4 is 5.32 Å². The smallest absolute Gasteiger partial charge is 0.340 e. The summed E-state index contributed by atoms with van der Waals surface area (Å²) in [6, 6.07) is 9.05. The number of esters is 1. The van der Waals surface area contributed by atoms with E-state index in [2.05, 4.69) is 5.32 Å². The number of carbonyl (C=O) groups is 2. The van der Waals surface area contributed by atoms with Crippen molar-refractivity contribution in [2.24, 2.45) is 0 Å². The number of halogens is 3. The first-order chi connectivity index (χ1) is 12.5. The van der Waals surface area contributed by atoms with E-state index in [1.807, 2.05) is 24.3 Å². The standard InChI is InChI=1S/C19H16ClF2NO3/c20-14-9-16(22)15(21)8-13(14)19(25)26-10-18(24)23-17-7-3-5-11-4-1-2-6-12(11)17/h1-2,4,6,8-9,17H,3,5,7,10H2,(H,23,24). The second-order valence-corrected chi connectivity index (χ2v) is 6.44. The second-order valence-electron chi connectivity index (χ2n) is 6.03. The lowest BCUT2D eigenvalue weighted by molar-refractivity contribution is -0.125. The van der Waals surface area contributed by atoms with Crippen molar-refractivity contribution in [2.45, 2.75) is 25.3 Å². The van der Waals surface area contributed by atoms with Gasteiger partial charge in [0.05, 0.1) is 16.6 Å². The minimum absolute atomic E-state index is 0.141. The molecule has 1 amide bonds. The lowest BCUT2D eigenvalue weighted by atomic mass is 9.88. The van der Waals surface area contributed by atoms with E-state index >= 15 is 0 Å². The molecule has 0 saturated carbocycles. The molecule has 0 heterocycles. The fraction of sp³-hybridized carbons (Fsp3) is 0.263. The number of rotatable bonds is 4. The van der Waals surface area contributed by atoms with Gasteiger partial charge in [0.1, 0.15) is 0 Å². The first-order valence-electron chi connectivity index (χ1n) is 8.14. The monoisotopic (exact) mass is 379 g/mol. The molecular weight excluding hydrogens is 364 g/mol. The number of carbonyl (C=O) groups excluding carboxylic acids is 2. The fourth-order valence-electron chi connectivity index (χ4n) is 3.03. The van der Waals surface area contributed by atoms with Crippen LogP contribution in [0.15, 0.2) is 36.4 Å². The lowest BCUT2D eigenvalue weighted by Gasteiger charge is -2.26. The normalized spacial score (nSPS) is 15.9. The zero-order valence-electron chi connectivity index (χ0n) is 13.7. The molecule has 0 fully saturated rings. The average Bonchev–Trinajstić information content (AvgIpc) is 2.63. The van der Waals surface area contributed by atoms with Gasteiger partial charge in [-0.3, -0.25) is 4.79 Å². The molecule has 1 unspecified atom stereocenters. The maximum absolute atomic E-state index is 13.2. The number of hydrogen-bond acceptors (Lipinski definition) is 3. The third kappa shape index (κ3) is 4.02. The lowest BCUT2D eigenvalue weighted by Crippen LogP contribution is -2.34. The highest BCUT2D eigenvalue weighted by molar-refractivity contribution is 6.33. The summed E-state index contributed by atoms with van der Waals surface area (Å²) in [4.78, 5) is 24.1. The third-order valence-electron chi connectivity index (χ3n) is 4.27. The van der Waals surface area contributed by atoms with Gasteiger partial charge in [0, 0.05) is 0 Å². The predicted molar refractivity (Wildman–Crippen MR) is 91.9 cm³/mol. The van der Waals surface area contributed by atoms with E-state index < -0.39 is 30.1 Å². The van der Waals surface area contributed by atoms with Gasteiger partial charge < -0.3 is 10.1 Å². The van der Waals surface area contributed by atoms with Crippen molar-refractivity contribution in [1.29, 1.82) is 0 Å². The van der Waals surface area contributed by atoms with Crippen LogP contribution in [0.3, 0.4) is 0 Å². The summed E-state index contributed by atoms with van der Waals surface area (Å²) in [7, 11) is 0. The van der Waals surface area contributed by atoms with E-state index in [-0.39, 0.29) is 16.6 Å². The second kappa shape index (κ2) is 7.83. The molecule has 136 valence electrons. The third-order valence-corrected chi connectivity index (χ3v) is 4.58. The topological polar surface area (TPSA) is 55.4 Å². The van der Waals surface area contributed by atoms with Gasteiger partial charge in [-0.05, 0) is 42.5 Å². The van der Waals surface area contributed by atoms with Crippen molar-refractivity contribution in [2.75, 3.05) is 6.61 Å². The van der Waals surface area contributed by atoms with Crippen LogP contribution in [-0.4, -0.2) is 18.5 Å². The Morgan fingerprint density at radius 1 is 1.19 bits per heavy atom. The summed E-state index contributed by atoms with van der Waals surface area (Å²) in [5.41, 5.74) is 1.91. The maximum Gasteiger partial charge on any atom is 0.340 e. The summed E-state index contributed by atoms with van der Waals surface area (Å²) < 4.78 is 31.2. The Labute approximate surface area is 154 Å². The van der Waals surface area contributed by atoms with Crippen molar-refractivity contribution >= 4 is 23.5 Å². The summed E-state index contributed by atoms with van der Waals surface area (Å²) in [6.07, 6.45) is 2.71. The molecule has 2 aromatic rings. The molecule has 0 aromatic heterocycles. The molecule has 3 rings (SSSR count). The predicted octanol–water partition coefficient (Wildman–Crippen LogP) is 3.97. The first-order valence-corrected chi connectivity index (χ1v) is 8.52. The van der Waals surface area contributed by atoms with Gasteiger partial charge in [0.25, 0.3) is 5.91 Å². The van der Waals surface area contributed by atoms with Crippen LogP contribution in [0.4, 0.5) is 8.78 Å². The highest BCUT2D eigenvalue weighted by Crippen LogP contribution is 2.29. The van der Waals surface area contributed by atoms with Crippen LogP contribution >= 0.6 is 11.6 Å². The molecule has 1 aliphatic carbocycles. The van der Waals surface area contributed by atoms with E-state index in [0.717, 1.165) is 24.8 Å². The van der Waals surface area contributed by atoms with Crippen molar-refractivity contribution < 1.29 is 23.1 Å².